The lowest BCUT2D eigenvalue weighted by Gasteiger charge is -2.36. The van der Waals surface area contributed by atoms with Crippen LogP contribution in [0.25, 0.3) is 11.3 Å². The number of amides is 1. The van der Waals surface area contributed by atoms with E-state index in [1.807, 2.05) is 41.2 Å². The number of rotatable bonds is 5. The van der Waals surface area contributed by atoms with Gasteiger partial charge in [-0.2, -0.15) is 0 Å². The summed E-state index contributed by atoms with van der Waals surface area (Å²) in [5.74, 6) is 1.89. The van der Waals surface area contributed by atoms with E-state index in [-0.39, 0.29) is 18.1 Å². The number of aromatic nitrogens is 4. The van der Waals surface area contributed by atoms with E-state index >= 15 is 0 Å². The summed E-state index contributed by atoms with van der Waals surface area (Å²) in [5.41, 5.74) is 2.53. The van der Waals surface area contributed by atoms with Crippen LogP contribution in [0.4, 0.5) is 5.82 Å². The van der Waals surface area contributed by atoms with Crippen LogP contribution in [-0.2, 0) is 4.74 Å². The zero-order chi connectivity index (χ0) is 22.1. The molecule has 1 N–H and O–H groups in total. The van der Waals surface area contributed by atoms with Crippen molar-refractivity contribution in [3.63, 3.8) is 0 Å². The number of ether oxygens (including phenoxy) is 1. The van der Waals surface area contributed by atoms with Crippen molar-refractivity contribution >= 4 is 11.7 Å². The van der Waals surface area contributed by atoms with Gasteiger partial charge in [-0.3, -0.25) is 4.79 Å². The normalized spacial score (nSPS) is 24.9. The zero-order valence-corrected chi connectivity index (χ0v) is 18.4. The molecule has 4 atom stereocenters. The molecule has 1 saturated heterocycles. The third-order valence-electron chi connectivity index (χ3n) is 6.87. The summed E-state index contributed by atoms with van der Waals surface area (Å²) in [6.07, 6.45) is 5.77. The summed E-state index contributed by atoms with van der Waals surface area (Å²) in [5, 5.41) is 11.5. The lowest BCUT2D eigenvalue weighted by molar-refractivity contribution is -0.00541. The number of benzene rings is 1. The van der Waals surface area contributed by atoms with E-state index in [2.05, 4.69) is 37.6 Å². The Morgan fingerprint density at radius 3 is 2.56 bits per heavy atom. The minimum absolute atomic E-state index is 0.102. The van der Waals surface area contributed by atoms with Crippen molar-refractivity contribution in [3.8, 4) is 11.3 Å². The van der Waals surface area contributed by atoms with Crippen LogP contribution >= 0.6 is 0 Å². The quantitative estimate of drug-likeness (QED) is 0.667. The molecule has 0 spiro atoms. The first-order valence-corrected chi connectivity index (χ1v) is 11.1. The molecule has 3 aromatic rings. The van der Waals surface area contributed by atoms with Crippen LogP contribution in [-0.4, -0.2) is 59.2 Å². The Morgan fingerprint density at radius 2 is 1.88 bits per heavy atom. The van der Waals surface area contributed by atoms with Crippen molar-refractivity contribution in [3.05, 3.63) is 60.4 Å². The third kappa shape index (κ3) is 3.86. The number of carbonyl (C=O) groups is 1. The van der Waals surface area contributed by atoms with Crippen LogP contribution in [0, 0.1) is 11.8 Å². The second kappa shape index (κ2) is 8.70. The molecule has 1 saturated carbocycles. The molecule has 2 fully saturated rings. The van der Waals surface area contributed by atoms with Gasteiger partial charge in [0.05, 0.1) is 23.9 Å². The average molecular weight is 433 g/mol. The van der Waals surface area contributed by atoms with Gasteiger partial charge in [-0.25, -0.2) is 9.67 Å². The van der Waals surface area contributed by atoms with Crippen LogP contribution < -0.4 is 10.2 Å². The van der Waals surface area contributed by atoms with Crippen LogP contribution in [0.2, 0.25) is 0 Å². The summed E-state index contributed by atoms with van der Waals surface area (Å²) < 4.78 is 7.90. The van der Waals surface area contributed by atoms with Gasteiger partial charge < -0.3 is 15.0 Å². The molecule has 2 aromatic heterocycles. The lowest BCUT2D eigenvalue weighted by atomic mass is 9.77. The Bertz CT molecular complexity index is 1070. The Morgan fingerprint density at radius 1 is 1.09 bits per heavy atom. The summed E-state index contributed by atoms with van der Waals surface area (Å²) >= 11 is 0. The standard InChI is InChI=1S/C24H28N6O2/c1-25-24(31)17-8-9-23(26-12-17)29-13-18-10-21(22(32-2)11-19(18)14-29)30-15-20(27-28-30)16-6-4-3-5-7-16/h3-9,12,15,18-19,21-22H,10-11,13-14H2,1-2H3,(H,25,31)/t18-,19+,21-,22-/m1/s1. The van der Waals surface area contributed by atoms with Gasteiger partial charge in [-0.15, -0.1) is 5.10 Å². The van der Waals surface area contributed by atoms with Crippen molar-refractivity contribution in [1.29, 1.82) is 0 Å². The third-order valence-corrected chi connectivity index (χ3v) is 6.87. The highest BCUT2D eigenvalue weighted by Gasteiger charge is 2.43. The van der Waals surface area contributed by atoms with Crippen molar-refractivity contribution in [2.75, 3.05) is 32.1 Å². The van der Waals surface area contributed by atoms with E-state index in [1.165, 1.54) is 0 Å². The van der Waals surface area contributed by atoms with Gasteiger partial charge in [0, 0.05) is 39.0 Å². The topological polar surface area (TPSA) is 85.2 Å². The number of carbonyl (C=O) groups excluding carboxylic acids is 1. The molecule has 166 valence electrons. The fraction of sp³-hybridized carbons (Fsp3) is 0.417. The number of hydrogen-bond acceptors (Lipinski definition) is 6. The number of nitrogens with zero attached hydrogens (tertiary/aromatic N) is 5. The van der Waals surface area contributed by atoms with Gasteiger partial charge in [0.15, 0.2) is 0 Å². The first-order valence-electron chi connectivity index (χ1n) is 11.1. The minimum Gasteiger partial charge on any atom is -0.379 e. The van der Waals surface area contributed by atoms with E-state index in [9.17, 15) is 4.79 Å². The van der Waals surface area contributed by atoms with Gasteiger partial charge in [-0.1, -0.05) is 35.5 Å². The van der Waals surface area contributed by atoms with Gasteiger partial charge in [0.1, 0.15) is 11.5 Å². The number of methoxy groups -OCH3 is 1. The van der Waals surface area contributed by atoms with Gasteiger partial charge >= 0.3 is 0 Å². The summed E-state index contributed by atoms with van der Waals surface area (Å²) in [6.45, 7) is 1.90. The maximum absolute atomic E-state index is 11.8. The van der Waals surface area contributed by atoms with E-state index in [0.717, 1.165) is 43.0 Å². The van der Waals surface area contributed by atoms with Gasteiger partial charge in [-0.05, 0) is 36.8 Å². The summed E-state index contributed by atoms with van der Waals surface area (Å²) in [7, 11) is 3.42. The number of fused-ring (bicyclic) bond motifs is 1. The Kier molecular flexibility index (Phi) is 5.61. The average Bonchev–Trinajstić information content (AvgIpc) is 3.50. The maximum atomic E-state index is 11.8. The summed E-state index contributed by atoms with van der Waals surface area (Å²) in [4.78, 5) is 18.7. The Labute approximate surface area is 187 Å². The highest BCUT2D eigenvalue weighted by atomic mass is 16.5. The van der Waals surface area contributed by atoms with Gasteiger partial charge in [0.2, 0.25) is 0 Å². The monoisotopic (exact) mass is 432 g/mol. The largest absolute Gasteiger partial charge is 0.379 e. The number of anilines is 1. The van der Waals surface area contributed by atoms with Crippen molar-refractivity contribution < 1.29 is 9.53 Å². The first-order chi connectivity index (χ1) is 15.7. The number of nitrogens with one attached hydrogen (secondary N) is 1. The Hall–Kier alpha value is -3.26. The van der Waals surface area contributed by atoms with Crippen LogP contribution in [0.1, 0.15) is 29.2 Å². The molecule has 8 heteroatoms. The molecule has 0 radical (unpaired) electrons. The van der Waals surface area contributed by atoms with E-state index in [1.54, 1.807) is 20.4 Å². The molecule has 3 heterocycles. The van der Waals surface area contributed by atoms with E-state index in [0.29, 0.717) is 17.4 Å². The second-order valence-electron chi connectivity index (χ2n) is 8.67. The predicted molar refractivity (Wildman–Crippen MR) is 121 cm³/mol. The highest BCUT2D eigenvalue weighted by Crippen LogP contribution is 2.43. The molecule has 1 aromatic carbocycles. The molecule has 0 unspecified atom stereocenters. The number of hydrogen-bond donors (Lipinski definition) is 1. The van der Waals surface area contributed by atoms with Crippen molar-refractivity contribution in [2.45, 2.75) is 25.0 Å². The van der Waals surface area contributed by atoms with Crippen LogP contribution in [0.3, 0.4) is 0 Å². The SMILES string of the molecule is CNC(=O)c1ccc(N2C[C@H]3C[C@@H](n4cc(-c5ccccc5)nn4)[C@H](OC)C[C@H]3C2)nc1. The molecule has 32 heavy (non-hydrogen) atoms. The van der Waals surface area contributed by atoms with Crippen LogP contribution in [0.5, 0.6) is 0 Å². The summed E-state index contributed by atoms with van der Waals surface area (Å²) in [6, 6.07) is 14.1. The molecule has 0 bridgehead atoms. The van der Waals surface area contributed by atoms with Crippen molar-refractivity contribution in [1.82, 2.24) is 25.3 Å². The van der Waals surface area contributed by atoms with E-state index in [4.69, 9.17) is 4.74 Å². The molecule has 1 amide bonds. The molecule has 5 rings (SSSR count). The zero-order valence-electron chi connectivity index (χ0n) is 18.4. The molecular formula is C24H28N6O2. The van der Waals surface area contributed by atoms with Crippen molar-refractivity contribution in [2.24, 2.45) is 11.8 Å². The minimum atomic E-state index is -0.118. The number of pyridine rings is 1. The molecule has 1 aliphatic carbocycles. The fourth-order valence-corrected chi connectivity index (χ4v) is 5.14. The van der Waals surface area contributed by atoms with Crippen LogP contribution in [0.15, 0.2) is 54.9 Å². The second-order valence-corrected chi connectivity index (χ2v) is 8.67. The highest BCUT2D eigenvalue weighted by molar-refractivity contribution is 5.93. The van der Waals surface area contributed by atoms with Gasteiger partial charge in [0.25, 0.3) is 5.91 Å². The molecule has 8 nitrogen and oxygen atoms in total. The smallest absolute Gasteiger partial charge is 0.252 e. The first kappa shape index (κ1) is 20.6. The molecular weight excluding hydrogens is 404 g/mol. The maximum Gasteiger partial charge on any atom is 0.252 e. The fourth-order valence-electron chi connectivity index (χ4n) is 5.14. The predicted octanol–water partition coefficient (Wildman–Crippen LogP) is 2.80. The van der Waals surface area contributed by atoms with E-state index < -0.39 is 0 Å². The molecule has 1 aliphatic heterocycles. The molecule has 2 aliphatic rings. The Balaban J connectivity index is 1.31. The lowest BCUT2D eigenvalue weighted by Crippen LogP contribution is -2.37.